The summed E-state index contributed by atoms with van der Waals surface area (Å²) in [5.74, 6) is 0.398. The van der Waals surface area contributed by atoms with Crippen molar-refractivity contribution in [3.8, 4) is 5.75 Å². The molecule has 144 valence electrons. The average molecular weight is 381 g/mol. The summed E-state index contributed by atoms with van der Waals surface area (Å²) in [5, 5.41) is 0.297. The third-order valence-corrected chi connectivity index (χ3v) is 5.11. The second-order valence-electron chi connectivity index (χ2n) is 8.75. The van der Waals surface area contributed by atoms with Gasteiger partial charge in [0, 0.05) is 5.56 Å². The molecule has 5 heteroatoms. The Hall–Kier alpha value is -1.55. The van der Waals surface area contributed by atoms with E-state index in [9.17, 15) is 9.59 Å². The van der Waals surface area contributed by atoms with E-state index < -0.39 is 11.6 Å². The predicted molar refractivity (Wildman–Crippen MR) is 103 cm³/mol. The van der Waals surface area contributed by atoms with E-state index in [0.29, 0.717) is 22.3 Å². The second kappa shape index (κ2) is 7.59. The summed E-state index contributed by atoms with van der Waals surface area (Å²) < 4.78 is 11.6. The standard InChI is InChI=1S/C21H29ClO4/c1-13-9-16(12-20(3,4)11-13)25-19(24)21(5,6)26-18-8-7-15(14(2)23)10-17(18)22/h7-8,10,13,16H,9,11-12H2,1-6H3/t13-,16+/m1/s1. The third-order valence-electron chi connectivity index (χ3n) is 4.82. The first-order chi connectivity index (χ1) is 11.9. The summed E-state index contributed by atoms with van der Waals surface area (Å²) in [6.45, 7) is 11.4. The fourth-order valence-corrected chi connectivity index (χ4v) is 3.98. The quantitative estimate of drug-likeness (QED) is 0.502. The molecule has 0 heterocycles. The van der Waals surface area contributed by atoms with Crippen molar-refractivity contribution in [3.05, 3.63) is 28.8 Å². The van der Waals surface area contributed by atoms with Crippen LogP contribution >= 0.6 is 11.6 Å². The van der Waals surface area contributed by atoms with E-state index in [1.54, 1.807) is 32.0 Å². The zero-order valence-corrected chi connectivity index (χ0v) is 17.3. The largest absolute Gasteiger partial charge is 0.475 e. The number of ketones is 1. The van der Waals surface area contributed by atoms with Crippen molar-refractivity contribution in [2.45, 2.75) is 72.5 Å². The van der Waals surface area contributed by atoms with E-state index in [4.69, 9.17) is 21.1 Å². The lowest BCUT2D eigenvalue weighted by Crippen LogP contribution is -2.43. The van der Waals surface area contributed by atoms with Crippen LogP contribution in [0, 0.1) is 11.3 Å². The third kappa shape index (κ3) is 5.23. The van der Waals surface area contributed by atoms with Crippen molar-refractivity contribution in [2.75, 3.05) is 0 Å². The van der Waals surface area contributed by atoms with Crippen LogP contribution in [0.1, 0.15) is 71.2 Å². The average Bonchev–Trinajstić information content (AvgIpc) is 2.46. The first-order valence-corrected chi connectivity index (χ1v) is 9.48. The monoisotopic (exact) mass is 380 g/mol. The SMILES string of the molecule is CC(=O)c1ccc(OC(C)(C)C(=O)O[C@H]2C[C@@H](C)CC(C)(C)C2)c(Cl)c1. The van der Waals surface area contributed by atoms with Crippen molar-refractivity contribution in [1.82, 2.24) is 0 Å². The minimum absolute atomic E-state index is 0.0776. The van der Waals surface area contributed by atoms with Crippen LogP contribution < -0.4 is 4.74 Å². The molecule has 0 radical (unpaired) electrons. The fourth-order valence-electron chi connectivity index (χ4n) is 3.76. The topological polar surface area (TPSA) is 52.6 Å². The number of rotatable bonds is 5. The van der Waals surface area contributed by atoms with Crippen LogP contribution in [0.4, 0.5) is 0 Å². The highest BCUT2D eigenvalue weighted by Crippen LogP contribution is 2.40. The number of hydrogen-bond acceptors (Lipinski definition) is 4. The lowest BCUT2D eigenvalue weighted by atomic mass is 9.71. The first-order valence-electron chi connectivity index (χ1n) is 9.10. The summed E-state index contributed by atoms with van der Waals surface area (Å²) in [5.41, 5.74) is -0.507. The van der Waals surface area contributed by atoms with E-state index in [-0.39, 0.29) is 17.3 Å². The summed E-state index contributed by atoms with van der Waals surface area (Å²) in [6.07, 6.45) is 2.77. The lowest BCUT2D eigenvalue weighted by molar-refractivity contribution is -0.169. The predicted octanol–water partition coefficient (Wildman–Crippen LogP) is 5.46. The van der Waals surface area contributed by atoms with E-state index in [1.807, 2.05) is 0 Å². The van der Waals surface area contributed by atoms with Gasteiger partial charge in [0.05, 0.1) is 5.02 Å². The Labute approximate surface area is 161 Å². The van der Waals surface area contributed by atoms with Crippen LogP contribution in [-0.2, 0) is 9.53 Å². The number of esters is 1. The van der Waals surface area contributed by atoms with Gasteiger partial charge in [-0.1, -0.05) is 32.4 Å². The van der Waals surface area contributed by atoms with Gasteiger partial charge in [-0.15, -0.1) is 0 Å². The van der Waals surface area contributed by atoms with Crippen LogP contribution in [0.5, 0.6) is 5.75 Å². The van der Waals surface area contributed by atoms with Gasteiger partial charge in [0.1, 0.15) is 11.9 Å². The Balaban J connectivity index is 2.07. The highest BCUT2D eigenvalue weighted by atomic mass is 35.5. The molecule has 2 atom stereocenters. The molecule has 2 rings (SSSR count). The summed E-state index contributed by atoms with van der Waals surface area (Å²) >= 11 is 6.20. The molecule has 0 unspecified atom stereocenters. The van der Waals surface area contributed by atoms with Gasteiger partial charge in [0.2, 0.25) is 0 Å². The van der Waals surface area contributed by atoms with E-state index in [1.165, 1.54) is 6.92 Å². The van der Waals surface area contributed by atoms with Gasteiger partial charge < -0.3 is 9.47 Å². The highest BCUT2D eigenvalue weighted by molar-refractivity contribution is 6.32. The smallest absolute Gasteiger partial charge is 0.350 e. The Bertz CT molecular complexity index is 693. The Morgan fingerprint density at radius 2 is 1.88 bits per heavy atom. The number of carbonyl (C=O) groups excluding carboxylic acids is 2. The molecule has 0 aromatic heterocycles. The molecule has 0 bridgehead atoms. The molecule has 1 aliphatic carbocycles. The molecule has 0 spiro atoms. The molecule has 1 aromatic carbocycles. The minimum atomic E-state index is -1.17. The molecule has 1 fully saturated rings. The van der Waals surface area contributed by atoms with Gasteiger partial charge in [0.15, 0.2) is 11.4 Å². The number of Topliss-reactive ketones (excluding diaryl/α,β-unsaturated/α-hetero) is 1. The van der Waals surface area contributed by atoms with Crippen molar-refractivity contribution >= 4 is 23.4 Å². The molecule has 1 saturated carbocycles. The van der Waals surface area contributed by atoms with Gasteiger partial charge in [-0.2, -0.15) is 0 Å². The van der Waals surface area contributed by atoms with Crippen LogP contribution in [0.2, 0.25) is 5.02 Å². The Kier molecular flexibility index (Phi) is 6.06. The zero-order chi connectivity index (χ0) is 19.7. The first kappa shape index (κ1) is 20.8. The number of hydrogen-bond donors (Lipinski definition) is 0. The molecule has 0 amide bonds. The number of benzene rings is 1. The van der Waals surface area contributed by atoms with Crippen LogP contribution in [0.15, 0.2) is 18.2 Å². The van der Waals surface area contributed by atoms with Gasteiger partial charge in [-0.25, -0.2) is 4.79 Å². The lowest BCUT2D eigenvalue weighted by Gasteiger charge is -2.39. The molecule has 0 N–H and O–H groups in total. The van der Waals surface area contributed by atoms with Crippen molar-refractivity contribution < 1.29 is 19.1 Å². The van der Waals surface area contributed by atoms with Crippen LogP contribution in [0.3, 0.4) is 0 Å². The fraction of sp³-hybridized carbons (Fsp3) is 0.619. The summed E-state index contributed by atoms with van der Waals surface area (Å²) in [6, 6.07) is 4.79. The minimum Gasteiger partial charge on any atom is -0.475 e. The van der Waals surface area contributed by atoms with Gasteiger partial charge in [-0.05, 0) is 69.6 Å². The van der Waals surface area contributed by atoms with E-state index in [2.05, 4.69) is 20.8 Å². The summed E-state index contributed by atoms with van der Waals surface area (Å²) in [4.78, 5) is 24.1. The maximum Gasteiger partial charge on any atom is 0.350 e. The van der Waals surface area contributed by atoms with Gasteiger partial charge in [-0.3, -0.25) is 4.79 Å². The van der Waals surface area contributed by atoms with Crippen molar-refractivity contribution in [1.29, 1.82) is 0 Å². The molecule has 0 saturated heterocycles. The Morgan fingerprint density at radius 1 is 1.23 bits per heavy atom. The number of ether oxygens (including phenoxy) is 2. The van der Waals surface area contributed by atoms with Gasteiger partial charge in [0.25, 0.3) is 0 Å². The van der Waals surface area contributed by atoms with Gasteiger partial charge >= 0.3 is 5.97 Å². The Morgan fingerprint density at radius 3 is 2.42 bits per heavy atom. The summed E-state index contributed by atoms with van der Waals surface area (Å²) in [7, 11) is 0. The maximum absolute atomic E-state index is 12.7. The molecule has 1 aromatic rings. The highest BCUT2D eigenvalue weighted by Gasteiger charge is 2.38. The van der Waals surface area contributed by atoms with Crippen molar-refractivity contribution in [2.24, 2.45) is 11.3 Å². The second-order valence-corrected chi connectivity index (χ2v) is 9.16. The maximum atomic E-state index is 12.7. The van der Waals surface area contributed by atoms with Crippen molar-refractivity contribution in [3.63, 3.8) is 0 Å². The number of carbonyl (C=O) groups is 2. The zero-order valence-electron chi connectivity index (χ0n) is 16.5. The van der Waals surface area contributed by atoms with Crippen LogP contribution in [0.25, 0.3) is 0 Å². The van der Waals surface area contributed by atoms with Crippen LogP contribution in [-0.4, -0.2) is 23.5 Å². The van der Waals surface area contributed by atoms with E-state index in [0.717, 1.165) is 19.3 Å². The molecular weight excluding hydrogens is 352 g/mol. The number of halogens is 1. The molecule has 0 aliphatic heterocycles. The molecule has 26 heavy (non-hydrogen) atoms. The molecular formula is C21H29ClO4. The molecule has 1 aliphatic rings. The normalized spacial score (nSPS) is 22.6. The van der Waals surface area contributed by atoms with E-state index >= 15 is 0 Å². The molecule has 4 nitrogen and oxygen atoms in total.